The molecule has 0 aliphatic carbocycles. The largest absolute Gasteiger partial charge is 0.497 e. The number of thioether (sulfide) groups is 1. The summed E-state index contributed by atoms with van der Waals surface area (Å²) in [6, 6.07) is 5.67. The number of aliphatic hydroxyl groups is 1. The van der Waals surface area contributed by atoms with Crippen LogP contribution in [0.5, 0.6) is 11.5 Å². The number of aliphatic hydroxyl groups excluding tert-OH is 1. The molecular weight excluding hydrogens is 248 g/mol. The second-order valence-electron chi connectivity index (χ2n) is 5.06. The fraction of sp³-hybridized carbons (Fsp3) is 0.571. The van der Waals surface area contributed by atoms with Crippen LogP contribution in [-0.2, 0) is 0 Å². The smallest absolute Gasteiger partial charge is 0.129 e. The Bertz CT molecular complexity index is 441. The quantitative estimate of drug-likeness (QED) is 0.848. The molecule has 1 aromatic rings. The first-order valence-corrected chi connectivity index (χ1v) is 7.51. The Morgan fingerprint density at radius 3 is 3.11 bits per heavy atom. The maximum Gasteiger partial charge on any atom is 0.129 e. The van der Waals surface area contributed by atoms with Crippen LogP contribution >= 0.6 is 11.8 Å². The van der Waals surface area contributed by atoms with Gasteiger partial charge in [-0.2, -0.15) is 11.8 Å². The number of methoxy groups -OCH3 is 1. The third-order valence-corrected chi connectivity index (χ3v) is 5.07. The summed E-state index contributed by atoms with van der Waals surface area (Å²) in [5.41, 5.74) is 0.707. The average Bonchev–Trinajstić information content (AvgIpc) is 2.38. The van der Waals surface area contributed by atoms with Gasteiger partial charge in [-0.1, -0.05) is 0 Å². The van der Waals surface area contributed by atoms with Gasteiger partial charge in [0.1, 0.15) is 17.1 Å². The Balaban J connectivity index is 1.94. The molecule has 1 N–H and O–H groups in total. The van der Waals surface area contributed by atoms with Crippen molar-refractivity contribution in [3.8, 4) is 11.5 Å². The number of fused-ring (bicyclic) bond motifs is 1. The molecule has 1 saturated heterocycles. The van der Waals surface area contributed by atoms with Crippen molar-refractivity contribution in [3.05, 3.63) is 23.8 Å². The third kappa shape index (κ3) is 2.08. The van der Waals surface area contributed by atoms with Crippen molar-refractivity contribution < 1.29 is 14.6 Å². The lowest BCUT2D eigenvalue weighted by Gasteiger charge is -2.42. The van der Waals surface area contributed by atoms with Crippen LogP contribution in [0.2, 0.25) is 0 Å². The first-order valence-electron chi connectivity index (χ1n) is 6.35. The van der Waals surface area contributed by atoms with Crippen LogP contribution in [-0.4, -0.2) is 29.3 Å². The summed E-state index contributed by atoms with van der Waals surface area (Å²) in [7, 11) is 1.65. The fourth-order valence-electron chi connectivity index (χ4n) is 2.81. The van der Waals surface area contributed by atoms with Crippen LogP contribution in [0.15, 0.2) is 18.2 Å². The Labute approximate surface area is 111 Å². The Kier molecular flexibility index (Phi) is 3.16. The molecule has 1 fully saturated rings. The van der Waals surface area contributed by atoms with Gasteiger partial charge in [-0.15, -0.1) is 0 Å². The van der Waals surface area contributed by atoms with E-state index in [-0.39, 0.29) is 5.60 Å². The van der Waals surface area contributed by atoms with E-state index in [0.29, 0.717) is 6.42 Å². The van der Waals surface area contributed by atoms with Crippen molar-refractivity contribution in [3.63, 3.8) is 0 Å². The molecule has 2 atom stereocenters. The van der Waals surface area contributed by atoms with Crippen molar-refractivity contribution in [1.29, 1.82) is 0 Å². The predicted octanol–water partition coefficient (Wildman–Crippen LogP) is 2.78. The van der Waals surface area contributed by atoms with E-state index in [4.69, 9.17) is 9.47 Å². The molecule has 4 heteroatoms. The summed E-state index contributed by atoms with van der Waals surface area (Å²) in [6.07, 6.45) is 2.49. The van der Waals surface area contributed by atoms with Crippen molar-refractivity contribution in [2.75, 3.05) is 18.6 Å². The molecule has 0 bridgehead atoms. The van der Waals surface area contributed by atoms with E-state index in [1.54, 1.807) is 7.11 Å². The highest BCUT2D eigenvalue weighted by Crippen LogP contribution is 2.45. The molecular formula is C14H18O3S. The van der Waals surface area contributed by atoms with Gasteiger partial charge in [-0.3, -0.25) is 0 Å². The molecule has 0 radical (unpaired) electrons. The minimum Gasteiger partial charge on any atom is -0.497 e. The second-order valence-corrected chi connectivity index (χ2v) is 6.17. The van der Waals surface area contributed by atoms with Gasteiger partial charge in [-0.25, -0.2) is 0 Å². The van der Waals surface area contributed by atoms with Crippen LogP contribution in [0.25, 0.3) is 0 Å². The van der Waals surface area contributed by atoms with Gasteiger partial charge >= 0.3 is 0 Å². The number of benzene rings is 1. The number of rotatable bonds is 1. The third-order valence-electron chi connectivity index (χ3n) is 3.76. The molecule has 2 aliphatic rings. The van der Waals surface area contributed by atoms with E-state index in [1.165, 1.54) is 5.75 Å². The van der Waals surface area contributed by atoms with Crippen LogP contribution in [0.4, 0.5) is 0 Å². The van der Waals surface area contributed by atoms with Gasteiger partial charge in [0, 0.05) is 23.8 Å². The van der Waals surface area contributed by atoms with Crippen molar-refractivity contribution >= 4 is 11.8 Å². The SMILES string of the molecule is COc1ccc2c(c1)OC1(CCCSC1)C[C@H]2O. The van der Waals surface area contributed by atoms with Gasteiger partial charge in [0.15, 0.2) is 0 Å². The molecule has 0 aromatic heterocycles. The molecule has 2 heterocycles. The normalized spacial score (nSPS) is 30.7. The van der Waals surface area contributed by atoms with E-state index >= 15 is 0 Å². The van der Waals surface area contributed by atoms with Crippen LogP contribution in [0.3, 0.4) is 0 Å². The molecule has 1 spiro atoms. The first kappa shape index (κ1) is 12.2. The summed E-state index contributed by atoms with van der Waals surface area (Å²) in [5.74, 6) is 3.74. The number of ether oxygens (including phenoxy) is 2. The summed E-state index contributed by atoms with van der Waals surface area (Å²) < 4.78 is 11.4. The van der Waals surface area contributed by atoms with E-state index in [9.17, 15) is 5.11 Å². The van der Waals surface area contributed by atoms with Crippen molar-refractivity contribution in [2.45, 2.75) is 31.0 Å². The number of hydrogen-bond acceptors (Lipinski definition) is 4. The van der Waals surface area contributed by atoms with E-state index in [1.807, 2.05) is 30.0 Å². The molecule has 0 saturated carbocycles. The molecule has 2 aliphatic heterocycles. The highest BCUT2D eigenvalue weighted by Gasteiger charge is 2.41. The van der Waals surface area contributed by atoms with Gasteiger partial charge < -0.3 is 14.6 Å². The van der Waals surface area contributed by atoms with E-state index in [2.05, 4.69) is 0 Å². The van der Waals surface area contributed by atoms with Gasteiger partial charge in [0.25, 0.3) is 0 Å². The molecule has 18 heavy (non-hydrogen) atoms. The average molecular weight is 266 g/mol. The standard InChI is InChI=1S/C14H18O3S/c1-16-10-3-4-11-12(15)8-14(17-13(11)7-10)5-2-6-18-9-14/h3-4,7,12,15H,2,5-6,8-9H2,1H3/t12-,14?/m1/s1. The Hall–Kier alpha value is -0.870. The minimum absolute atomic E-state index is 0.179. The van der Waals surface area contributed by atoms with Gasteiger partial charge in [-0.05, 0) is 30.7 Å². The zero-order chi connectivity index (χ0) is 12.6. The predicted molar refractivity (Wildman–Crippen MR) is 72.5 cm³/mol. The molecule has 3 nitrogen and oxygen atoms in total. The highest BCUT2D eigenvalue weighted by molar-refractivity contribution is 7.99. The lowest BCUT2D eigenvalue weighted by molar-refractivity contribution is -0.00569. The fourth-order valence-corrected chi connectivity index (χ4v) is 4.00. The lowest BCUT2D eigenvalue weighted by atomic mass is 9.86. The van der Waals surface area contributed by atoms with E-state index < -0.39 is 6.10 Å². The van der Waals surface area contributed by atoms with Crippen molar-refractivity contribution in [1.82, 2.24) is 0 Å². The second kappa shape index (κ2) is 4.67. The molecule has 98 valence electrons. The maximum absolute atomic E-state index is 10.3. The zero-order valence-corrected chi connectivity index (χ0v) is 11.3. The monoisotopic (exact) mass is 266 g/mol. The minimum atomic E-state index is -0.418. The van der Waals surface area contributed by atoms with Crippen molar-refractivity contribution in [2.24, 2.45) is 0 Å². The molecule has 1 aromatic carbocycles. The zero-order valence-electron chi connectivity index (χ0n) is 10.5. The number of hydrogen-bond donors (Lipinski definition) is 1. The maximum atomic E-state index is 10.3. The molecule has 1 unspecified atom stereocenters. The summed E-state index contributed by atoms with van der Waals surface area (Å²) in [6.45, 7) is 0. The Morgan fingerprint density at radius 1 is 1.50 bits per heavy atom. The first-order chi connectivity index (χ1) is 8.72. The van der Waals surface area contributed by atoms with Crippen LogP contribution in [0.1, 0.15) is 30.9 Å². The van der Waals surface area contributed by atoms with Crippen LogP contribution in [0, 0.1) is 0 Å². The van der Waals surface area contributed by atoms with E-state index in [0.717, 1.165) is 35.7 Å². The summed E-state index contributed by atoms with van der Waals surface area (Å²) in [5, 5.41) is 10.3. The van der Waals surface area contributed by atoms with Gasteiger partial charge in [0.05, 0.1) is 13.2 Å². The highest BCUT2D eigenvalue weighted by atomic mass is 32.2. The topological polar surface area (TPSA) is 38.7 Å². The van der Waals surface area contributed by atoms with Gasteiger partial charge in [0.2, 0.25) is 0 Å². The lowest BCUT2D eigenvalue weighted by Crippen LogP contribution is -2.45. The molecule has 0 amide bonds. The summed E-state index contributed by atoms with van der Waals surface area (Å²) in [4.78, 5) is 0. The molecule has 3 rings (SSSR count). The summed E-state index contributed by atoms with van der Waals surface area (Å²) >= 11 is 1.92. The van der Waals surface area contributed by atoms with Crippen LogP contribution < -0.4 is 9.47 Å². The Morgan fingerprint density at radius 2 is 2.39 bits per heavy atom.